The van der Waals surface area contributed by atoms with Crippen LogP contribution in [0.1, 0.15) is 43.5 Å². The summed E-state index contributed by atoms with van der Waals surface area (Å²) in [4.78, 5) is 22.3. The molecule has 190 valence electrons. The summed E-state index contributed by atoms with van der Waals surface area (Å²) in [5, 5.41) is 6.78. The summed E-state index contributed by atoms with van der Waals surface area (Å²) in [5.74, 6) is 0.428. The van der Waals surface area contributed by atoms with Gasteiger partial charge in [0.1, 0.15) is 12.5 Å². The van der Waals surface area contributed by atoms with Crippen molar-refractivity contribution in [1.29, 1.82) is 0 Å². The number of rotatable bonds is 8. The molecule has 0 amide bonds. The van der Waals surface area contributed by atoms with E-state index in [1.54, 1.807) is 0 Å². The minimum atomic E-state index is -0.283. The van der Waals surface area contributed by atoms with Crippen molar-refractivity contribution in [3.8, 4) is 11.1 Å². The zero-order valence-corrected chi connectivity index (χ0v) is 21.3. The number of benzene rings is 1. The smallest absolute Gasteiger partial charge is 0.141 e. The van der Waals surface area contributed by atoms with Crippen molar-refractivity contribution < 1.29 is 9.18 Å². The number of likely N-dealkylation sites (tertiary alicyclic amines) is 2. The fraction of sp³-hybridized carbons (Fsp3) is 0.552. The molecule has 1 aromatic carbocycles. The Morgan fingerprint density at radius 1 is 1.06 bits per heavy atom. The van der Waals surface area contributed by atoms with E-state index >= 15 is 0 Å². The number of halogens is 1. The number of hydrogen-bond acceptors (Lipinski definition) is 5. The molecule has 0 bridgehead atoms. The van der Waals surface area contributed by atoms with E-state index in [2.05, 4.69) is 44.1 Å². The molecule has 2 saturated heterocycles. The molecule has 6 nitrogen and oxygen atoms in total. The summed E-state index contributed by atoms with van der Waals surface area (Å²) >= 11 is 0. The Morgan fingerprint density at radius 3 is 2.64 bits per heavy atom. The van der Waals surface area contributed by atoms with Gasteiger partial charge in [-0.1, -0.05) is 18.6 Å². The number of hydrogen-bond donors (Lipinski definition) is 0. The molecule has 6 rings (SSSR count). The van der Waals surface area contributed by atoms with Gasteiger partial charge in [-0.3, -0.25) is 24.3 Å². The number of ketones is 1. The number of aryl methyl sites for hydroxylation is 1. The van der Waals surface area contributed by atoms with Crippen molar-refractivity contribution in [1.82, 2.24) is 24.6 Å². The average Bonchev–Trinajstić information content (AvgIpc) is 3.19. The number of piperidine rings is 1. The summed E-state index contributed by atoms with van der Waals surface area (Å²) in [7, 11) is 2.03. The summed E-state index contributed by atoms with van der Waals surface area (Å²) < 4.78 is 14.5. The van der Waals surface area contributed by atoms with Crippen LogP contribution in [0.5, 0.6) is 0 Å². The first-order valence-corrected chi connectivity index (χ1v) is 13.5. The maximum absolute atomic E-state index is 13.0. The lowest BCUT2D eigenvalue weighted by Gasteiger charge is -2.58. The van der Waals surface area contributed by atoms with Gasteiger partial charge in [0, 0.05) is 68.4 Å². The van der Waals surface area contributed by atoms with E-state index in [0.717, 1.165) is 67.6 Å². The minimum Gasteiger partial charge on any atom is -0.300 e. The van der Waals surface area contributed by atoms with Crippen molar-refractivity contribution in [3.05, 3.63) is 48.0 Å². The largest absolute Gasteiger partial charge is 0.300 e. The Morgan fingerprint density at radius 2 is 1.86 bits per heavy atom. The fourth-order valence-corrected chi connectivity index (χ4v) is 6.65. The maximum Gasteiger partial charge on any atom is 0.141 e. The molecule has 3 aliphatic rings. The quantitative estimate of drug-likeness (QED) is 0.469. The number of Topliss-reactive ketones (excluding diaryl/α,β-unsaturated/α-hetero) is 1. The Bertz CT molecular complexity index is 1250. The van der Waals surface area contributed by atoms with Crippen molar-refractivity contribution in [2.24, 2.45) is 18.4 Å². The lowest BCUT2D eigenvalue weighted by atomic mass is 9.56. The summed E-state index contributed by atoms with van der Waals surface area (Å²) in [6, 6.07) is 8.58. The van der Waals surface area contributed by atoms with Crippen molar-refractivity contribution in [2.75, 3.05) is 39.4 Å². The van der Waals surface area contributed by atoms with Gasteiger partial charge in [-0.2, -0.15) is 5.10 Å². The van der Waals surface area contributed by atoms with Crippen LogP contribution in [-0.2, 0) is 24.8 Å². The van der Waals surface area contributed by atoms with Gasteiger partial charge in [0.15, 0.2) is 0 Å². The molecule has 1 spiro atoms. The van der Waals surface area contributed by atoms with Crippen LogP contribution in [0.2, 0.25) is 0 Å². The molecular weight excluding hydrogens is 453 g/mol. The molecule has 36 heavy (non-hydrogen) atoms. The van der Waals surface area contributed by atoms with E-state index in [-0.39, 0.29) is 18.0 Å². The van der Waals surface area contributed by atoms with Gasteiger partial charge in [-0.05, 0) is 67.3 Å². The molecule has 1 aliphatic carbocycles. The molecule has 3 fully saturated rings. The monoisotopic (exact) mass is 489 g/mol. The predicted molar refractivity (Wildman–Crippen MR) is 139 cm³/mol. The summed E-state index contributed by atoms with van der Waals surface area (Å²) in [6.45, 7) is 5.38. The Hall–Kier alpha value is -2.64. The van der Waals surface area contributed by atoms with Crippen LogP contribution < -0.4 is 0 Å². The van der Waals surface area contributed by atoms with E-state index in [1.807, 2.05) is 24.1 Å². The van der Waals surface area contributed by atoms with E-state index < -0.39 is 0 Å². The molecule has 0 radical (unpaired) electrons. The molecule has 2 aromatic heterocycles. The second-order valence-corrected chi connectivity index (χ2v) is 11.4. The third-order valence-corrected chi connectivity index (χ3v) is 8.66. The second kappa shape index (κ2) is 9.67. The topological polar surface area (TPSA) is 54.3 Å². The molecule has 1 saturated carbocycles. The number of pyridine rings is 1. The van der Waals surface area contributed by atoms with E-state index in [4.69, 9.17) is 0 Å². The Kier molecular flexibility index (Phi) is 6.38. The lowest BCUT2D eigenvalue weighted by Crippen LogP contribution is -2.63. The number of carbonyl (C=O) groups excluding carboxylic acids is 1. The molecule has 2 aliphatic heterocycles. The van der Waals surface area contributed by atoms with Crippen LogP contribution in [0.25, 0.3) is 21.9 Å². The first-order valence-electron chi connectivity index (χ1n) is 13.5. The van der Waals surface area contributed by atoms with Gasteiger partial charge in [0.25, 0.3) is 0 Å². The third-order valence-electron chi connectivity index (χ3n) is 8.66. The third kappa shape index (κ3) is 4.59. The van der Waals surface area contributed by atoms with Gasteiger partial charge < -0.3 is 0 Å². The first kappa shape index (κ1) is 23.7. The molecule has 0 N–H and O–H groups in total. The average molecular weight is 490 g/mol. The van der Waals surface area contributed by atoms with Gasteiger partial charge in [0.05, 0.1) is 11.9 Å². The SMILES string of the molecule is Cn1ncc(-c2ccc3cnc(CC(=O)C4CC5(C4)CN(CCF)C5)cc3c2)c1CN1CCCCC1. The fourth-order valence-electron chi connectivity index (χ4n) is 6.65. The highest BCUT2D eigenvalue weighted by atomic mass is 19.1. The van der Waals surface area contributed by atoms with Crippen LogP contribution >= 0.6 is 0 Å². The van der Waals surface area contributed by atoms with E-state index in [1.165, 1.54) is 30.5 Å². The van der Waals surface area contributed by atoms with E-state index in [0.29, 0.717) is 18.7 Å². The zero-order valence-electron chi connectivity index (χ0n) is 21.3. The van der Waals surface area contributed by atoms with Gasteiger partial charge >= 0.3 is 0 Å². The summed E-state index contributed by atoms with van der Waals surface area (Å²) in [6.07, 6.45) is 10.0. The molecule has 0 atom stereocenters. The maximum atomic E-state index is 13.0. The molecular formula is C29H36FN5O. The standard InChI is InChI=1S/C29H36FN5O/c1-33-27(18-34-8-3-2-4-9-34)26(17-32-33)21-5-6-22-16-31-25(12-23(22)11-21)13-28(36)24-14-29(15-24)19-35(20-29)10-7-30/h5-6,11-12,16-17,24H,2-4,7-10,13-15,18-20H2,1H3. The van der Waals surface area contributed by atoms with Gasteiger partial charge in [0.2, 0.25) is 0 Å². The number of nitrogens with zero attached hydrogens (tertiary/aromatic N) is 5. The number of fused-ring (bicyclic) bond motifs is 1. The predicted octanol–water partition coefficient (Wildman–Crippen LogP) is 4.41. The second-order valence-electron chi connectivity index (χ2n) is 11.4. The van der Waals surface area contributed by atoms with Crippen molar-refractivity contribution in [3.63, 3.8) is 0 Å². The zero-order chi connectivity index (χ0) is 24.7. The van der Waals surface area contributed by atoms with Crippen molar-refractivity contribution in [2.45, 2.75) is 45.1 Å². The van der Waals surface area contributed by atoms with Crippen LogP contribution in [0.4, 0.5) is 4.39 Å². The molecule has 4 heterocycles. The highest BCUT2D eigenvalue weighted by Crippen LogP contribution is 2.52. The normalized spacial score (nSPS) is 20.5. The number of alkyl halides is 1. The number of carbonyl (C=O) groups is 1. The lowest BCUT2D eigenvalue weighted by molar-refractivity contribution is -0.141. The van der Waals surface area contributed by atoms with Crippen LogP contribution in [0, 0.1) is 11.3 Å². The van der Waals surface area contributed by atoms with Crippen LogP contribution in [-0.4, -0.2) is 69.7 Å². The summed E-state index contributed by atoms with van der Waals surface area (Å²) in [5.41, 5.74) is 4.71. The Labute approximate surface area is 212 Å². The highest BCUT2D eigenvalue weighted by molar-refractivity contribution is 5.89. The van der Waals surface area contributed by atoms with Gasteiger partial charge in [-0.15, -0.1) is 0 Å². The van der Waals surface area contributed by atoms with Crippen LogP contribution in [0.3, 0.4) is 0 Å². The highest BCUT2D eigenvalue weighted by Gasteiger charge is 2.53. The first-order chi connectivity index (χ1) is 17.5. The van der Waals surface area contributed by atoms with E-state index in [9.17, 15) is 9.18 Å². The Balaban J connectivity index is 1.15. The molecule has 0 unspecified atom stereocenters. The van der Waals surface area contributed by atoms with Gasteiger partial charge in [-0.25, -0.2) is 4.39 Å². The number of aromatic nitrogens is 3. The minimum absolute atomic E-state index is 0.133. The molecule has 7 heteroatoms. The molecule has 3 aromatic rings. The van der Waals surface area contributed by atoms with Crippen LogP contribution in [0.15, 0.2) is 36.7 Å². The van der Waals surface area contributed by atoms with Crippen molar-refractivity contribution >= 4 is 16.6 Å².